The molecule has 168 valence electrons. The number of esters is 1. The standard InChI is InChI=1S/C23H26N4O4S/c1-26(32(3,29)30)18-11-13-27(14-12-18)22-21(16-7-5-4-6-8-16)24-19-10-9-17(23(28)31-2)15-20(19)25-22/h4-10,15,18H,11-14H2,1-3H3. The van der Waals surface area contributed by atoms with Gasteiger partial charge in [0.15, 0.2) is 5.82 Å². The average molecular weight is 455 g/mol. The molecule has 0 saturated carbocycles. The molecule has 0 N–H and O–H groups in total. The van der Waals surface area contributed by atoms with Crippen LogP contribution in [0.5, 0.6) is 0 Å². The van der Waals surface area contributed by atoms with Gasteiger partial charge in [0.2, 0.25) is 10.0 Å². The summed E-state index contributed by atoms with van der Waals surface area (Å²) in [5.74, 6) is 0.304. The van der Waals surface area contributed by atoms with E-state index in [1.54, 1.807) is 25.2 Å². The zero-order valence-electron chi connectivity index (χ0n) is 18.4. The lowest BCUT2D eigenvalue weighted by Gasteiger charge is -2.36. The van der Waals surface area contributed by atoms with Crippen LogP contribution in [0, 0.1) is 0 Å². The first-order valence-corrected chi connectivity index (χ1v) is 12.3. The Morgan fingerprint density at radius 1 is 1.06 bits per heavy atom. The lowest BCUT2D eigenvalue weighted by Crippen LogP contribution is -2.45. The van der Waals surface area contributed by atoms with Crippen molar-refractivity contribution >= 4 is 32.8 Å². The van der Waals surface area contributed by atoms with E-state index in [4.69, 9.17) is 14.7 Å². The minimum Gasteiger partial charge on any atom is -0.465 e. The summed E-state index contributed by atoms with van der Waals surface area (Å²) in [5, 5.41) is 0. The molecule has 2 heterocycles. The van der Waals surface area contributed by atoms with Gasteiger partial charge in [-0.25, -0.2) is 27.5 Å². The normalized spacial score (nSPS) is 15.3. The number of aromatic nitrogens is 2. The summed E-state index contributed by atoms with van der Waals surface area (Å²) in [6.45, 7) is 1.31. The molecule has 8 nitrogen and oxygen atoms in total. The molecule has 0 aliphatic carbocycles. The van der Waals surface area contributed by atoms with Crippen LogP contribution >= 0.6 is 0 Å². The molecular formula is C23H26N4O4S. The Kier molecular flexibility index (Phi) is 6.12. The molecule has 0 spiro atoms. The van der Waals surface area contributed by atoms with E-state index in [1.807, 2.05) is 30.3 Å². The molecule has 3 aromatic rings. The molecular weight excluding hydrogens is 428 g/mol. The molecule has 0 bridgehead atoms. The van der Waals surface area contributed by atoms with Gasteiger partial charge in [-0.1, -0.05) is 30.3 Å². The van der Waals surface area contributed by atoms with Crippen LogP contribution in [0.25, 0.3) is 22.3 Å². The number of piperidine rings is 1. The highest BCUT2D eigenvalue weighted by Gasteiger charge is 2.29. The zero-order valence-corrected chi connectivity index (χ0v) is 19.2. The Labute approximate surface area is 187 Å². The molecule has 0 atom stereocenters. The van der Waals surface area contributed by atoms with E-state index in [0.717, 1.165) is 17.1 Å². The fourth-order valence-corrected chi connectivity index (χ4v) is 4.76. The molecule has 0 amide bonds. The number of anilines is 1. The highest BCUT2D eigenvalue weighted by molar-refractivity contribution is 7.88. The summed E-state index contributed by atoms with van der Waals surface area (Å²) in [5.41, 5.74) is 3.43. The molecule has 4 rings (SSSR count). The minimum atomic E-state index is -3.24. The Morgan fingerprint density at radius 3 is 2.38 bits per heavy atom. The summed E-state index contributed by atoms with van der Waals surface area (Å²) in [7, 11) is -0.256. The van der Waals surface area contributed by atoms with Gasteiger partial charge in [0.05, 0.1) is 30.0 Å². The van der Waals surface area contributed by atoms with Crippen molar-refractivity contribution in [2.75, 3.05) is 38.4 Å². The largest absolute Gasteiger partial charge is 0.465 e. The number of hydrogen-bond donors (Lipinski definition) is 0. The van der Waals surface area contributed by atoms with Gasteiger partial charge >= 0.3 is 5.97 Å². The molecule has 32 heavy (non-hydrogen) atoms. The number of fused-ring (bicyclic) bond motifs is 1. The molecule has 2 aromatic carbocycles. The van der Waals surface area contributed by atoms with Crippen molar-refractivity contribution in [1.82, 2.24) is 14.3 Å². The number of sulfonamides is 1. The third-order valence-electron chi connectivity index (χ3n) is 5.92. The number of carbonyl (C=O) groups excluding carboxylic acids is 1. The van der Waals surface area contributed by atoms with Crippen LogP contribution in [-0.4, -0.2) is 68.2 Å². The fraction of sp³-hybridized carbons (Fsp3) is 0.348. The van der Waals surface area contributed by atoms with Gasteiger partial charge in [-0.05, 0) is 31.0 Å². The predicted molar refractivity (Wildman–Crippen MR) is 124 cm³/mol. The van der Waals surface area contributed by atoms with E-state index in [0.29, 0.717) is 42.5 Å². The van der Waals surface area contributed by atoms with Crippen LogP contribution < -0.4 is 4.90 Å². The zero-order chi connectivity index (χ0) is 22.9. The third kappa shape index (κ3) is 4.44. The van der Waals surface area contributed by atoms with E-state index in [2.05, 4.69) is 4.90 Å². The summed E-state index contributed by atoms with van der Waals surface area (Å²) >= 11 is 0. The lowest BCUT2D eigenvalue weighted by atomic mass is 10.0. The van der Waals surface area contributed by atoms with Crippen LogP contribution in [0.4, 0.5) is 5.82 Å². The van der Waals surface area contributed by atoms with Crippen molar-refractivity contribution in [2.24, 2.45) is 0 Å². The summed E-state index contributed by atoms with van der Waals surface area (Å²) in [4.78, 5) is 23.9. The van der Waals surface area contributed by atoms with Crippen LogP contribution in [0.15, 0.2) is 48.5 Å². The predicted octanol–water partition coefficient (Wildman–Crippen LogP) is 2.94. The quantitative estimate of drug-likeness (QED) is 0.547. The third-order valence-corrected chi connectivity index (χ3v) is 7.26. The smallest absolute Gasteiger partial charge is 0.337 e. The topological polar surface area (TPSA) is 92.7 Å². The van der Waals surface area contributed by atoms with Gasteiger partial charge in [-0.3, -0.25) is 0 Å². The number of benzene rings is 2. The summed E-state index contributed by atoms with van der Waals surface area (Å²) in [6, 6.07) is 15.0. The second kappa shape index (κ2) is 8.84. The molecule has 0 radical (unpaired) electrons. The van der Waals surface area contributed by atoms with Gasteiger partial charge < -0.3 is 9.64 Å². The lowest BCUT2D eigenvalue weighted by molar-refractivity contribution is 0.0601. The molecule has 1 aliphatic heterocycles. The molecule has 1 saturated heterocycles. The van der Waals surface area contributed by atoms with Crippen molar-refractivity contribution in [3.05, 3.63) is 54.1 Å². The maximum atomic E-state index is 12.0. The number of nitrogens with zero attached hydrogens (tertiary/aromatic N) is 4. The Balaban J connectivity index is 1.73. The molecule has 9 heteroatoms. The second-order valence-electron chi connectivity index (χ2n) is 7.95. The van der Waals surface area contributed by atoms with Crippen LogP contribution in [0.1, 0.15) is 23.2 Å². The van der Waals surface area contributed by atoms with Gasteiger partial charge in [-0.2, -0.15) is 0 Å². The maximum Gasteiger partial charge on any atom is 0.337 e. The molecule has 0 unspecified atom stereocenters. The Hall–Kier alpha value is -3.04. The summed E-state index contributed by atoms with van der Waals surface area (Å²) in [6.07, 6.45) is 2.63. The van der Waals surface area contributed by atoms with E-state index in [9.17, 15) is 13.2 Å². The minimum absolute atomic E-state index is 0.0410. The number of methoxy groups -OCH3 is 1. The first-order valence-electron chi connectivity index (χ1n) is 10.4. The van der Waals surface area contributed by atoms with Crippen LogP contribution in [0.2, 0.25) is 0 Å². The highest BCUT2D eigenvalue weighted by Crippen LogP contribution is 2.32. The highest BCUT2D eigenvalue weighted by atomic mass is 32.2. The monoisotopic (exact) mass is 454 g/mol. The Bertz CT molecular complexity index is 1240. The average Bonchev–Trinajstić information content (AvgIpc) is 2.82. The van der Waals surface area contributed by atoms with Gasteiger partial charge in [0.1, 0.15) is 5.69 Å². The van der Waals surface area contributed by atoms with Crippen molar-refractivity contribution in [2.45, 2.75) is 18.9 Å². The van der Waals surface area contributed by atoms with Crippen LogP contribution in [-0.2, 0) is 14.8 Å². The number of carbonyl (C=O) groups is 1. The molecule has 1 aromatic heterocycles. The Morgan fingerprint density at radius 2 is 1.75 bits per heavy atom. The van der Waals surface area contributed by atoms with Crippen molar-refractivity contribution < 1.29 is 17.9 Å². The van der Waals surface area contributed by atoms with Crippen LogP contribution in [0.3, 0.4) is 0 Å². The number of hydrogen-bond acceptors (Lipinski definition) is 7. The van der Waals surface area contributed by atoms with E-state index >= 15 is 0 Å². The number of rotatable bonds is 5. The number of ether oxygens (including phenoxy) is 1. The fourth-order valence-electron chi connectivity index (χ4n) is 4.01. The maximum absolute atomic E-state index is 12.0. The van der Waals surface area contributed by atoms with Gasteiger partial charge in [-0.15, -0.1) is 0 Å². The SMILES string of the molecule is COC(=O)c1ccc2nc(-c3ccccc3)c(N3CCC(N(C)S(C)(=O)=O)CC3)nc2c1. The second-order valence-corrected chi connectivity index (χ2v) is 10.00. The van der Waals surface area contributed by atoms with Crippen molar-refractivity contribution in [3.63, 3.8) is 0 Å². The molecule has 1 fully saturated rings. The van der Waals surface area contributed by atoms with Gasteiger partial charge in [0.25, 0.3) is 0 Å². The van der Waals surface area contributed by atoms with Crippen molar-refractivity contribution in [3.8, 4) is 11.3 Å². The molecule has 1 aliphatic rings. The van der Waals surface area contributed by atoms with E-state index < -0.39 is 16.0 Å². The van der Waals surface area contributed by atoms with Gasteiger partial charge in [0, 0.05) is 31.7 Å². The first-order chi connectivity index (χ1) is 15.3. The first kappa shape index (κ1) is 22.2. The van der Waals surface area contributed by atoms with E-state index in [-0.39, 0.29) is 6.04 Å². The van der Waals surface area contributed by atoms with Crippen molar-refractivity contribution in [1.29, 1.82) is 0 Å². The summed E-state index contributed by atoms with van der Waals surface area (Å²) < 4.78 is 30.2. The van der Waals surface area contributed by atoms with E-state index in [1.165, 1.54) is 17.7 Å².